The van der Waals surface area contributed by atoms with Crippen molar-refractivity contribution in [3.63, 3.8) is 0 Å². The van der Waals surface area contributed by atoms with E-state index in [-0.39, 0.29) is 5.56 Å². The van der Waals surface area contributed by atoms with Crippen molar-refractivity contribution in [1.82, 2.24) is 14.7 Å². The predicted molar refractivity (Wildman–Crippen MR) is 94.0 cm³/mol. The van der Waals surface area contributed by atoms with Crippen LogP contribution in [0.5, 0.6) is 5.75 Å². The topological polar surface area (TPSA) is 87.8 Å². The number of methoxy groups -OCH3 is 1. The second-order valence-electron chi connectivity index (χ2n) is 7.12. The summed E-state index contributed by atoms with van der Waals surface area (Å²) in [4.78, 5) is 13.6. The average Bonchev–Trinajstić information content (AvgIpc) is 3.40. The monoisotopic (exact) mass is 357 g/mol. The van der Waals surface area contributed by atoms with Gasteiger partial charge in [0.05, 0.1) is 25.0 Å². The number of benzene rings is 1. The number of aromatic nitrogens is 2. The fraction of sp³-hybridized carbons (Fsp3) is 0.474. The number of carboxylic acids is 1. The molecule has 26 heavy (non-hydrogen) atoms. The van der Waals surface area contributed by atoms with Crippen LogP contribution in [-0.4, -0.2) is 44.5 Å². The van der Waals surface area contributed by atoms with Crippen LogP contribution in [0.1, 0.15) is 46.3 Å². The van der Waals surface area contributed by atoms with Gasteiger partial charge in [-0.15, -0.1) is 0 Å². The van der Waals surface area contributed by atoms with Crippen LogP contribution in [0.15, 0.2) is 24.3 Å². The summed E-state index contributed by atoms with van der Waals surface area (Å²) in [7, 11) is 1.47. The van der Waals surface area contributed by atoms with Gasteiger partial charge >= 0.3 is 5.97 Å². The number of aromatic carboxylic acids is 1. The van der Waals surface area contributed by atoms with E-state index in [9.17, 15) is 15.0 Å². The minimum Gasteiger partial charge on any atom is -0.496 e. The molecule has 1 saturated carbocycles. The highest BCUT2D eigenvalue weighted by atomic mass is 16.5. The fourth-order valence-corrected chi connectivity index (χ4v) is 3.55. The molecule has 2 heterocycles. The predicted octanol–water partition coefficient (Wildman–Crippen LogP) is 2.05. The SMILES string of the molecule is COc1ccc(CN2CCn3nc([C@@H](O)C4CC4)cc3C2)cc1C(=O)O. The molecule has 2 N–H and O–H groups in total. The Labute approximate surface area is 151 Å². The Balaban J connectivity index is 1.47. The largest absolute Gasteiger partial charge is 0.496 e. The number of carbonyl (C=O) groups is 1. The second-order valence-corrected chi connectivity index (χ2v) is 7.12. The molecule has 0 radical (unpaired) electrons. The highest BCUT2D eigenvalue weighted by Gasteiger charge is 2.33. The van der Waals surface area contributed by atoms with Crippen LogP contribution in [0.3, 0.4) is 0 Å². The molecule has 2 aliphatic rings. The molecule has 1 aliphatic heterocycles. The van der Waals surface area contributed by atoms with Crippen molar-refractivity contribution in [3.8, 4) is 5.75 Å². The molecule has 4 rings (SSSR count). The molecule has 7 nitrogen and oxygen atoms in total. The van der Waals surface area contributed by atoms with Crippen molar-refractivity contribution in [2.45, 2.75) is 38.6 Å². The number of aliphatic hydroxyl groups excluding tert-OH is 1. The molecule has 0 spiro atoms. The van der Waals surface area contributed by atoms with E-state index in [1.165, 1.54) is 7.11 Å². The molecule has 0 bridgehead atoms. The fourth-order valence-electron chi connectivity index (χ4n) is 3.55. The normalized spacial score (nSPS) is 18.4. The van der Waals surface area contributed by atoms with Gasteiger partial charge in [-0.3, -0.25) is 9.58 Å². The third-order valence-corrected chi connectivity index (χ3v) is 5.17. The van der Waals surface area contributed by atoms with Gasteiger partial charge in [0.1, 0.15) is 17.4 Å². The number of rotatable bonds is 6. The molecule has 138 valence electrons. The summed E-state index contributed by atoms with van der Waals surface area (Å²) in [6, 6.07) is 7.29. The van der Waals surface area contributed by atoms with E-state index < -0.39 is 12.1 Å². The van der Waals surface area contributed by atoms with Crippen LogP contribution in [0, 0.1) is 5.92 Å². The lowest BCUT2D eigenvalue weighted by Gasteiger charge is -2.27. The minimum atomic E-state index is -0.987. The van der Waals surface area contributed by atoms with Gasteiger partial charge in [0.15, 0.2) is 0 Å². The second kappa shape index (κ2) is 6.74. The summed E-state index contributed by atoms with van der Waals surface area (Å²) >= 11 is 0. The summed E-state index contributed by atoms with van der Waals surface area (Å²) in [6.45, 7) is 3.01. The molecule has 7 heteroatoms. The number of nitrogens with zero attached hydrogens (tertiary/aromatic N) is 3. The number of ether oxygens (including phenoxy) is 1. The van der Waals surface area contributed by atoms with Crippen LogP contribution >= 0.6 is 0 Å². The molecule has 1 aromatic carbocycles. The molecular weight excluding hydrogens is 334 g/mol. The first-order chi connectivity index (χ1) is 12.5. The molecular formula is C19H23N3O4. The summed E-state index contributed by atoms with van der Waals surface area (Å²) < 4.78 is 7.10. The van der Waals surface area contributed by atoms with Crippen molar-refractivity contribution in [2.75, 3.05) is 13.7 Å². The van der Waals surface area contributed by atoms with E-state index in [0.29, 0.717) is 18.2 Å². The molecule has 1 aromatic heterocycles. The summed E-state index contributed by atoms with van der Waals surface area (Å²) in [5.41, 5.74) is 3.00. The molecule has 1 fully saturated rings. The standard InChI is InChI=1S/C19H23N3O4/c1-26-17-5-2-12(8-15(17)19(24)25)10-21-6-7-22-14(11-21)9-16(20-22)18(23)13-3-4-13/h2,5,8-9,13,18,23H,3-4,6-7,10-11H2,1H3,(H,24,25)/t18-/m0/s1. The first kappa shape index (κ1) is 17.1. The molecule has 0 amide bonds. The lowest BCUT2D eigenvalue weighted by molar-refractivity contribution is 0.0693. The maximum atomic E-state index is 11.4. The molecule has 1 atom stereocenters. The lowest BCUT2D eigenvalue weighted by atomic mass is 10.1. The quantitative estimate of drug-likeness (QED) is 0.823. The Morgan fingerprint density at radius 1 is 1.35 bits per heavy atom. The van der Waals surface area contributed by atoms with E-state index in [4.69, 9.17) is 4.74 Å². The number of hydrogen-bond acceptors (Lipinski definition) is 5. The van der Waals surface area contributed by atoms with Crippen molar-refractivity contribution in [1.29, 1.82) is 0 Å². The van der Waals surface area contributed by atoms with Gasteiger partial charge in [-0.25, -0.2) is 4.79 Å². The molecule has 0 saturated heterocycles. The Hall–Kier alpha value is -2.38. The van der Waals surface area contributed by atoms with Crippen LogP contribution in [0.4, 0.5) is 0 Å². The summed E-state index contributed by atoms with van der Waals surface area (Å²) in [5.74, 6) is -0.243. The smallest absolute Gasteiger partial charge is 0.339 e. The summed E-state index contributed by atoms with van der Waals surface area (Å²) in [6.07, 6.45) is 1.72. The van der Waals surface area contributed by atoms with Gasteiger partial charge < -0.3 is 14.9 Å². The minimum absolute atomic E-state index is 0.182. The zero-order chi connectivity index (χ0) is 18.3. The van der Waals surface area contributed by atoms with Crippen LogP contribution in [-0.2, 0) is 19.6 Å². The Bertz CT molecular complexity index is 828. The zero-order valence-electron chi connectivity index (χ0n) is 14.8. The maximum Gasteiger partial charge on any atom is 0.339 e. The lowest BCUT2D eigenvalue weighted by Crippen LogP contribution is -2.33. The van der Waals surface area contributed by atoms with E-state index >= 15 is 0 Å². The highest BCUT2D eigenvalue weighted by molar-refractivity contribution is 5.91. The van der Waals surface area contributed by atoms with E-state index in [1.54, 1.807) is 12.1 Å². The number of hydrogen-bond donors (Lipinski definition) is 2. The van der Waals surface area contributed by atoms with Crippen LogP contribution < -0.4 is 4.74 Å². The van der Waals surface area contributed by atoms with Gasteiger partial charge in [-0.2, -0.15) is 5.10 Å². The highest BCUT2D eigenvalue weighted by Crippen LogP contribution is 2.40. The summed E-state index contributed by atoms with van der Waals surface area (Å²) in [5, 5.41) is 24.2. The van der Waals surface area contributed by atoms with Crippen molar-refractivity contribution < 1.29 is 19.7 Å². The van der Waals surface area contributed by atoms with Crippen molar-refractivity contribution >= 4 is 5.97 Å². The first-order valence-corrected chi connectivity index (χ1v) is 8.92. The third kappa shape index (κ3) is 3.32. The van der Waals surface area contributed by atoms with E-state index in [2.05, 4.69) is 10.00 Å². The zero-order valence-corrected chi connectivity index (χ0v) is 14.8. The Kier molecular flexibility index (Phi) is 4.42. The van der Waals surface area contributed by atoms with Gasteiger partial charge in [-0.1, -0.05) is 6.07 Å². The first-order valence-electron chi connectivity index (χ1n) is 8.92. The van der Waals surface area contributed by atoms with E-state index in [1.807, 2.05) is 16.8 Å². The van der Waals surface area contributed by atoms with Gasteiger partial charge in [0.25, 0.3) is 0 Å². The molecule has 2 aromatic rings. The third-order valence-electron chi connectivity index (χ3n) is 5.17. The number of fused-ring (bicyclic) bond motifs is 1. The van der Waals surface area contributed by atoms with E-state index in [0.717, 1.165) is 49.4 Å². The van der Waals surface area contributed by atoms with Crippen molar-refractivity contribution in [3.05, 3.63) is 46.8 Å². The Morgan fingerprint density at radius 2 is 2.15 bits per heavy atom. The molecule has 1 aliphatic carbocycles. The van der Waals surface area contributed by atoms with Crippen LogP contribution in [0.25, 0.3) is 0 Å². The maximum absolute atomic E-state index is 11.4. The van der Waals surface area contributed by atoms with Gasteiger partial charge in [0, 0.05) is 19.6 Å². The van der Waals surface area contributed by atoms with Crippen molar-refractivity contribution in [2.24, 2.45) is 5.92 Å². The molecule has 0 unspecified atom stereocenters. The van der Waals surface area contributed by atoms with Gasteiger partial charge in [0.2, 0.25) is 0 Å². The number of aliphatic hydroxyl groups is 1. The Morgan fingerprint density at radius 3 is 2.85 bits per heavy atom. The average molecular weight is 357 g/mol. The van der Waals surface area contributed by atoms with Crippen LogP contribution in [0.2, 0.25) is 0 Å². The number of carboxylic acid groups (broad SMARTS) is 1. The van der Waals surface area contributed by atoms with Gasteiger partial charge in [-0.05, 0) is 42.5 Å².